The molecule has 4 amide bonds. The van der Waals surface area contributed by atoms with Gasteiger partial charge in [0.15, 0.2) is 5.82 Å². The van der Waals surface area contributed by atoms with Gasteiger partial charge >= 0.3 is 6.03 Å². The second-order valence-corrected chi connectivity index (χ2v) is 8.70. The second-order valence-electron chi connectivity index (χ2n) is 8.70. The number of halogens is 1. The molecular weight excluding hydrogens is 419 g/mol. The maximum absolute atomic E-state index is 15.1. The molecule has 176 valence electrons. The summed E-state index contributed by atoms with van der Waals surface area (Å²) < 4.78 is 16.6. The molecule has 0 aromatic carbocycles. The van der Waals surface area contributed by atoms with E-state index in [2.05, 4.69) is 26.4 Å². The Hall–Kier alpha value is -2.98. The number of aryl methyl sites for hydroxylation is 1. The first kappa shape index (κ1) is 23.7. The third-order valence-electron chi connectivity index (χ3n) is 6.19. The Bertz CT molecular complexity index is 875. The quantitative estimate of drug-likeness (QED) is 0.421. The molecule has 0 bridgehead atoms. The molecule has 0 unspecified atom stereocenters. The number of aromatic nitrogens is 2. The van der Waals surface area contributed by atoms with Gasteiger partial charge in [0.05, 0.1) is 0 Å². The van der Waals surface area contributed by atoms with Gasteiger partial charge in [-0.05, 0) is 39.0 Å². The minimum atomic E-state index is -1.55. The number of nitrogens with one attached hydrogen (secondary N) is 4. The summed E-state index contributed by atoms with van der Waals surface area (Å²) >= 11 is 0. The predicted octanol–water partition coefficient (Wildman–Crippen LogP) is 1.33. The molecule has 1 aromatic heterocycles. The topological polar surface area (TPSA) is 134 Å². The number of hydrogen-bond donors (Lipinski definition) is 4. The number of anilines is 1. The standard InChI is InChI=1S/C21H31FN6O4/c1-3-23-19(32)24-14(13-20(22)8-4-5-9-20)17(30)26-21(10-6-11-21)16(29)18(31)25-15-7-12-28(2)27-15/h7,12,14H,3-6,8-11,13H2,1-2H3,(H,26,30)(H2,23,24,32)(H,25,27,31)/t14-/m0/s1. The van der Waals surface area contributed by atoms with Crippen molar-refractivity contribution in [2.24, 2.45) is 7.05 Å². The van der Waals surface area contributed by atoms with Crippen LogP contribution >= 0.6 is 0 Å². The highest BCUT2D eigenvalue weighted by Crippen LogP contribution is 2.38. The summed E-state index contributed by atoms with van der Waals surface area (Å²) in [6.45, 7) is 2.07. The highest BCUT2D eigenvalue weighted by atomic mass is 19.1. The van der Waals surface area contributed by atoms with Crippen molar-refractivity contribution in [1.29, 1.82) is 0 Å². The number of alkyl halides is 1. The lowest BCUT2D eigenvalue weighted by Gasteiger charge is -2.41. The molecule has 2 aliphatic rings. The highest BCUT2D eigenvalue weighted by molar-refractivity contribution is 6.44. The predicted molar refractivity (Wildman–Crippen MR) is 114 cm³/mol. The maximum atomic E-state index is 15.1. The minimum Gasteiger partial charge on any atom is -0.341 e. The zero-order valence-corrected chi connectivity index (χ0v) is 18.5. The van der Waals surface area contributed by atoms with E-state index in [0.717, 1.165) is 12.8 Å². The fraction of sp³-hybridized carbons (Fsp3) is 0.667. The van der Waals surface area contributed by atoms with Gasteiger partial charge in [-0.25, -0.2) is 9.18 Å². The lowest BCUT2D eigenvalue weighted by Crippen LogP contribution is -2.65. The van der Waals surface area contributed by atoms with Crippen molar-refractivity contribution in [2.75, 3.05) is 11.9 Å². The molecule has 1 atom stereocenters. The van der Waals surface area contributed by atoms with E-state index in [9.17, 15) is 19.2 Å². The number of nitrogens with zero attached hydrogens (tertiary/aromatic N) is 2. The number of hydrogen-bond acceptors (Lipinski definition) is 5. The van der Waals surface area contributed by atoms with Crippen LogP contribution in [0.25, 0.3) is 0 Å². The Labute approximate surface area is 186 Å². The molecule has 10 nitrogen and oxygen atoms in total. The Morgan fingerprint density at radius 2 is 1.84 bits per heavy atom. The van der Waals surface area contributed by atoms with Gasteiger partial charge in [0.1, 0.15) is 17.2 Å². The summed E-state index contributed by atoms with van der Waals surface area (Å²) in [5.41, 5.74) is -2.91. The summed E-state index contributed by atoms with van der Waals surface area (Å²) in [6, 6.07) is -0.198. The number of rotatable bonds is 9. The molecule has 0 spiro atoms. The van der Waals surface area contributed by atoms with Crippen LogP contribution in [0, 0.1) is 0 Å². The van der Waals surface area contributed by atoms with Crippen LogP contribution in [-0.2, 0) is 21.4 Å². The van der Waals surface area contributed by atoms with Crippen LogP contribution in [0.15, 0.2) is 12.3 Å². The van der Waals surface area contributed by atoms with E-state index in [1.165, 1.54) is 4.68 Å². The second kappa shape index (κ2) is 9.66. The number of Topliss-reactive ketones (excluding diaryl/α,β-unsaturated/α-hetero) is 1. The molecule has 4 N–H and O–H groups in total. The van der Waals surface area contributed by atoms with E-state index in [1.54, 1.807) is 26.2 Å². The van der Waals surface area contributed by atoms with E-state index >= 15 is 4.39 Å². The summed E-state index contributed by atoms with van der Waals surface area (Å²) in [7, 11) is 1.68. The van der Waals surface area contributed by atoms with Gasteiger partial charge in [0, 0.05) is 32.3 Å². The minimum absolute atomic E-state index is 0.180. The van der Waals surface area contributed by atoms with Crippen molar-refractivity contribution in [3.63, 3.8) is 0 Å². The van der Waals surface area contributed by atoms with Crippen LogP contribution in [0.5, 0.6) is 0 Å². The fourth-order valence-corrected chi connectivity index (χ4v) is 4.29. The Morgan fingerprint density at radius 3 is 2.38 bits per heavy atom. The van der Waals surface area contributed by atoms with E-state index in [-0.39, 0.29) is 12.2 Å². The third kappa shape index (κ3) is 5.43. The first-order valence-electron chi connectivity index (χ1n) is 11.1. The van der Waals surface area contributed by atoms with Crippen LogP contribution in [0.4, 0.5) is 15.0 Å². The average Bonchev–Trinajstić information content (AvgIpc) is 3.31. The van der Waals surface area contributed by atoms with Gasteiger partial charge in [0.25, 0.3) is 5.91 Å². The smallest absolute Gasteiger partial charge is 0.315 e. The molecule has 2 saturated carbocycles. The van der Waals surface area contributed by atoms with Crippen molar-refractivity contribution in [1.82, 2.24) is 25.7 Å². The maximum Gasteiger partial charge on any atom is 0.315 e. The SMILES string of the molecule is CCNC(=O)N[C@@H](CC1(F)CCCC1)C(=O)NC1(C(=O)C(=O)Nc2ccn(C)n2)CCC1. The van der Waals surface area contributed by atoms with E-state index < -0.39 is 40.9 Å². The van der Waals surface area contributed by atoms with Crippen LogP contribution in [0.1, 0.15) is 58.3 Å². The van der Waals surface area contributed by atoms with Gasteiger partial charge < -0.3 is 21.3 Å². The zero-order valence-electron chi connectivity index (χ0n) is 18.5. The van der Waals surface area contributed by atoms with Crippen LogP contribution in [-0.4, -0.2) is 57.2 Å². The Morgan fingerprint density at radius 1 is 1.16 bits per heavy atom. The lowest BCUT2D eigenvalue weighted by molar-refractivity contribution is -0.144. The largest absolute Gasteiger partial charge is 0.341 e. The molecule has 11 heteroatoms. The van der Waals surface area contributed by atoms with Crippen molar-refractivity contribution < 1.29 is 23.6 Å². The molecule has 0 radical (unpaired) electrons. The molecule has 3 rings (SSSR count). The van der Waals surface area contributed by atoms with Crippen LogP contribution in [0.2, 0.25) is 0 Å². The van der Waals surface area contributed by atoms with Crippen molar-refractivity contribution >= 4 is 29.4 Å². The molecular formula is C21H31FN6O4. The van der Waals surface area contributed by atoms with Crippen molar-refractivity contribution in [2.45, 2.75) is 75.5 Å². The van der Waals surface area contributed by atoms with Gasteiger partial charge in [-0.2, -0.15) is 5.10 Å². The number of amides is 4. The molecule has 32 heavy (non-hydrogen) atoms. The fourth-order valence-electron chi connectivity index (χ4n) is 4.29. The summed E-state index contributed by atoms with van der Waals surface area (Å²) in [4.78, 5) is 50.6. The van der Waals surface area contributed by atoms with Gasteiger partial charge in [-0.3, -0.25) is 19.1 Å². The van der Waals surface area contributed by atoms with E-state index in [0.29, 0.717) is 38.6 Å². The lowest BCUT2D eigenvalue weighted by atomic mass is 9.73. The molecule has 0 aliphatic heterocycles. The summed E-state index contributed by atoms with van der Waals surface area (Å²) in [5.74, 6) is -2.10. The summed E-state index contributed by atoms with van der Waals surface area (Å²) in [5, 5.41) is 14.2. The molecule has 2 fully saturated rings. The molecule has 1 heterocycles. The third-order valence-corrected chi connectivity index (χ3v) is 6.19. The van der Waals surface area contributed by atoms with E-state index in [4.69, 9.17) is 0 Å². The van der Waals surface area contributed by atoms with Gasteiger partial charge in [0.2, 0.25) is 11.7 Å². The first-order chi connectivity index (χ1) is 15.2. The van der Waals surface area contributed by atoms with Gasteiger partial charge in [-0.1, -0.05) is 12.8 Å². The Kier molecular flexibility index (Phi) is 7.15. The highest BCUT2D eigenvalue weighted by Gasteiger charge is 2.50. The number of carbonyl (C=O) groups is 4. The average molecular weight is 451 g/mol. The Balaban J connectivity index is 1.70. The number of carbonyl (C=O) groups excluding carboxylic acids is 4. The first-order valence-corrected chi connectivity index (χ1v) is 11.1. The summed E-state index contributed by atoms with van der Waals surface area (Å²) in [6.07, 6.45) is 4.78. The van der Waals surface area contributed by atoms with Crippen LogP contribution in [0.3, 0.4) is 0 Å². The van der Waals surface area contributed by atoms with Crippen molar-refractivity contribution in [3.05, 3.63) is 12.3 Å². The molecule has 0 saturated heterocycles. The van der Waals surface area contributed by atoms with Crippen LogP contribution < -0.4 is 21.3 Å². The molecule has 2 aliphatic carbocycles. The van der Waals surface area contributed by atoms with E-state index in [1.807, 2.05) is 0 Å². The van der Waals surface area contributed by atoms with Gasteiger partial charge in [-0.15, -0.1) is 0 Å². The number of urea groups is 1. The zero-order chi connectivity index (χ0) is 23.4. The monoisotopic (exact) mass is 450 g/mol. The molecule has 1 aromatic rings. The van der Waals surface area contributed by atoms with Crippen molar-refractivity contribution in [3.8, 4) is 0 Å². The number of ketones is 1. The normalized spacial score (nSPS) is 19.3.